The summed E-state index contributed by atoms with van der Waals surface area (Å²) in [6, 6.07) is 0.306. The molecule has 3 heteroatoms. The lowest BCUT2D eigenvalue weighted by Gasteiger charge is -2.12. The molecule has 0 spiro atoms. The quantitative estimate of drug-likeness (QED) is 0.668. The van der Waals surface area contributed by atoms with Gasteiger partial charge in [0.1, 0.15) is 6.61 Å². The fraction of sp³-hybridized carbons (Fsp3) is 0.889. The van der Waals surface area contributed by atoms with Crippen LogP contribution >= 0.6 is 0 Å². The molecule has 0 aromatic rings. The highest BCUT2D eigenvalue weighted by Gasteiger charge is 2.23. The summed E-state index contributed by atoms with van der Waals surface area (Å²) in [6.07, 6.45) is 3.80. The van der Waals surface area contributed by atoms with Gasteiger partial charge in [0.2, 0.25) is 5.91 Å². The number of amides is 1. The highest BCUT2D eigenvalue weighted by Crippen LogP contribution is 2.33. The van der Waals surface area contributed by atoms with E-state index < -0.39 is 0 Å². The predicted molar refractivity (Wildman–Crippen MR) is 46.8 cm³/mol. The van der Waals surface area contributed by atoms with Gasteiger partial charge in [0.25, 0.3) is 0 Å². The van der Waals surface area contributed by atoms with E-state index >= 15 is 0 Å². The molecule has 1 N–H and O–H groups in total. The average molecular weight is 171 g/mol. The zero-order valence-electron chi connectivity index (χ0n) is 7.80. The first-order valence-corrected chi connectivity index (χ1v) is 4.50. The highest BCUT2D eigenvalue weighted by atomic mass is 16.5. The number of hydrogen-bond acceptors (Lipinski definition) is 2. The zero-order valence-corrected chi connectivity index (χ0v) is 7.80. The second kappa shape index (κ2) is 4.45. The number of carbonyl (C=O) groups excluding carboxylic acids is 1. The second-order valence-electron chi connectivity index (χ2n) is 3.58. The van der Waals surface area contributed by atoms with Crippen molar-refractivity contribution in [3.63, 3.8) is 0 Å². The first-order valence-electron chi connectivity index (χ1n) is 4.50. The van der Waals surface area contributed by atoms with Crippen molar-refractivity contribution in [3.05, 3.63) is 0 Å². The molecular formula is C9H17NO2. The van der Waals surface area contributed by atoms with E-state index in [1.807, 2.05) is 6.92 Å². The molecule has 0 bridgehead atoms. The third-order valence-electron chi connectivity index (χ3n) is 2.07. The van der Waals surface area contributed by atoms with Crippen molar-refractivity contribution in [2.24, 2.45) is 5.92 Å². The Kier molecular flexibility index (Phi) is 3.53. The molecule has 1 aliphatic rings. The van der Waals surface area contributed by atoms with Crippen LogP contribution in [-0.2, 0) is 9.53 Å². The van der Waals surface area contributed by atoms with Crippen molar-refractivity contribution < 1.29 is 9.53 Å². The predicted octanol–water partition coefficient (Wildman–Crippen LogP) is 0.938. The first-order chi connectivity index (χ1) is 5.72. The summed E-state index contributed by atoms with van der Waals surface area (Å²) in [4.78, 5) is 11.0. The van der Waals surface area contributed by atoms with Crippen LogP contribution in [0.15, 0.2) is 0 Å². The topological polar surface area (TPSA) is 38.3 Å². The molecule has 3 nitrogen and oxygen atoms in total. The summed E-state index contributed by atoms with van der Waals surface area (Å²) in [7, 11) is 1.53. The van der Waals surface area contributed by atoms with Gasteiger partial charge in [-0.05, 0) is 19.3 Å². The SMILES string of the molecule is COCC(=O)NC(C)CC1CC1. The fourth-order valence-corrected chi connectivity index (χ4v) is 1.36. The Balaban J connectivity index is 2.06. The molecule has 0 aromatic heterocycles. The van der Waals surface area contributed by atoms with E-state index in [1.165, 1.54) is 20.0 Å². The van der Waals surface area contributed by atoms with Gasteiger partial charge in [0.05, 0.1) is 0 Å². The number of carbonyl (C=O) groups is 1. The van der Waals surface area contributed by atoms with Crippen molar-refractivity contribution in [1.29, 1.82) is 0 Å². The standard InChI is InChI=1S/C9H17NO2/c1-7(5-8-3-4-8)10-9(11)6-12-2/h7-8H,3-6H2,1-2H3,(H,10,11). The Morgan fingerprint density at radius 1 is 1.67 bits per heavy atom. The van der Waals surface area contributed by atoms with Crippen LogP contribution in [0.1, 0.15) is 26.2 Å². The normalized spacial score (nSPS) is 18.8. The summed E-state index contributed by atoms with van der Waals surface area (Å²) in [6.45, 7) is 2.22. The van der Waals surface area contributed by atoms with Crippen molar-refractivity contribution >= 4 is 5.91 Å². The molecule has 1 amide bonds. The molecular weight excluding hydrogens is 154 g/mol. The number of rotatable bonds is 5. The Hall–Kier alpha value is -0.570. The summed E-state index contributed by atoms with van der Waals surface area (Å²) in [5.74, 6) is 0.855. The highest BCUT2D eigenvalue weighted by molar-refractivity contribution is 5.77. The molecule has 0 aromatic carbocycles. The number of ether oxygens (including phenoxy) is 1. The van der Waals surface area contributed by atoms with E-state index in [0.717, 1.165) is 12.3 Å². The molecule has 12 heavy (non-hydrogen) atoms. The van der Waals surface area contributed by atoms with Crippen molar-refractivity contribution in [3.8, 4) is 0 Å². The average Bonchev–Trinajstić information content (AvgIpc) is 2.71. The first kappa shape index (κ1) is 9.52. The van der Waals surface area contributed by atoms with Crippen LogP contribution in [0.25, 0.3) is 0 Å². The van der Waals surface area contributed by atoms with Crippen molar-refractivity contribution in [1.82, 2.24) is 5.32 Å². The Morgan fingerprint density at radius 3 is 2.83 bits per heavy atom. The van der Waals surface area contributed by atoms with Crippen LogP contribution in [0.4, 0.5) is 0 Å². The second-order valence-corrected chi connectivity index (χ2v) is 3.58. The molecule has 1 fully saturated rings. The van der Waals surface area contributed by atoms with Gasteiger partial charge in [-0.15, -0.1) is 0 Å². The lowest BCUT2D eigenvalue weighted by Crippen LogP contribution is -2.35. The molecule has 1 rings (SSSR count). The maximum atomic E-state index is 11.0. The lowest BCUT2D eigenvalue weighted by atomic mass is 10.1. The maximum absolute atomic E-state index is 11.0. The van der Waals surface area contributed by atoms with Gasteiger partial charge >= 0.3 is 0 Å². The molecule has 0 aliphatic heterocycles. The van der Waals surface area contributed by atoms with E-state index in [4.69, 9.17) is 4.74 Å². The van der Waals surface area contributed by atoms with E-state index in [-0.39, 0.29) is 12.5 Å². The third-order valence-corrected chi connectivity index (χ3v) is 2.07. The number of hydrogen-bond donors (Lipinski definition) is 1. The van der Waals surface area contributed by atoms with Crippen LogP contribution < -0.4 is 5.32 Å². The minimum absolute atomic E-state index is 0.00866. The summed E-state index contributed by atoms with van der Waals surface area (Å²) >= 11 is 0. The van der Waals surface area contributed by atoms with Crippen molar-refractivity contribution in [2.75, 3.05) is 13.7 Å². The monoisotopic (exact) mass is 171 g/mol. The van der Waals surface area contributed by atoms with E-state index in [0.29, 0.717) is 6.04 Å². The smallest absolute Gasteiger partial charge is 0.246 e. The fourth-order valence-electron chi connectivity index (χ4n) is 1.36. The molecule has 1 unspecified atom stereocenters. The number of nitrogens with one attached hydrogen (secondary N) is 1. The number of methoxy groups -OCH3 is 1. The van der Waals surface area contributed by atoms with E-state index in [9.17, 15) is 4.79 Å². The Labute approximate surface area is 73.5 Å². The lowest BCUT2D eigenvalue weighted by molar-refractivity contribution is -0.125. The van der Waals surface area contributed by atoms with Gasteiger partial charge in [-0.2, -0.15) is 0 Å². The molecule has 1 atom stereocenters. The molecule has 0 saturated heterocycles. The van der Waals surface area contributed by atoms with Gasteiger partial charge < -0.3 is 10.1 Å². The van der Waals surface area contributed by atoms with Gasteiger partial charge in [0.15, 0.2) is 0 Å². The van der Waals surface area contributed by atoms with Gasteiger partial charge in [0, 0.05) is 13.2 Å². The largest absolute Gasteiger partial charge is 0.375 e. The van der Waals surface area contributed by atoms with Gasteiger partial charge in [-0.3, -0.25) is 4.79 Å². The van der Waals surface area contributed by atoms with E-state index in [2.05, 4.69) is 5.32 Å². The Morgan fingerprint density at radius 2 is 2.33 bits per heavy atom. The maximum Gasteiger partial charge on any atom is 0.246 e. The van der Waals surface area contributed by atoms with E-state index in [1.54, 1.807) is 0 Å². The van der Waals surface area contributed by atoms with Gasteiger partial charge in [-0.1, -0.05) is 12.8 Å². The summed E-state index contributed by atoms with van der Waals surface area (Å²) < 4.78 is 4.71. The van der Waals surface area contributed by atoms with Crippen LogP contribution in [0.3, 0.4) is 0 Å². The summed E-state index contributed by atoms with van der Waals surface area (Å²) in [5, 5.41) is 2.89. The van der Waals surface area contributed by atoms with Crippen LogP contribution in [0.2, 0.25) is 0 Å². The Bertz CT molecular complexity index is 155. The van der Waals surface area contributed by atoms with Crippen LogP contribution in [-0.4, -0.2) is 25.7 Å². The van der Waals surface area contributed by atoms with Crippen molar-refractivity contribution in [2.45, 2.75) is 32.2 Å². The van der Waals surface area contributed by atoms with Crippen LogP contribution in [0, 0.1) is 5.92 Å². The van der Waals surface area contributed by atoms with Gasteiger partial charge in [-0.25, -0.2) is 0 Å². The molecule has 0 radical (unpaired) electrons. The minimum atomic E-state index is -0.00866. The van der Waals surface area contributed by atoms with Crippen LogP contribution in [0.5, 0.6) is 0 Å². The molecule has 1 aliphatic carbocycles. The molecule has 70 valence electrons. The minimum Gasteiger partial charge on any atom is -0.375 e. The summed E-state index contributed by atoms with van der Waals surface area (Å²) in [5.41, 5.74) is 0. The third kappa shape index (κ3) is 3.72. The molecule has 0 heterocycles. The zero-order chi connectivity index (χ0) is 8.97. The molecule has 1 saturated carbocycles.